The van der Waals surface area contributed by atoms with E-state index in [1.165, 1.54) is 19.3 Å². The van der Waals surface area contributed by atoms with Crippen LogP contribution in [-0.4, -0.2) is 22.1 Å². The lowest BCUT2D eigenvalue weighted by Gasteiger charge is -2.16. The zero-order valence-corrected chi connectivity index (χ0v) is 10.0. The molecule has 1 heterocycles. The molecule has 0 spiro atoms. The minimum atomic E-state index is -0.547. The third-order valence-electron chi connectivity index (χ3n) is 3.08. The van der Waals surface area contributed by atoms with Gasteiger partial charge in [0.05, 0.1) is 0 Å². The van der Waals surface area contributed by atoms with Gasteiger partial charge in [0.25, 0.3) is 5.91 Å². The number of aromatic nitrogens is 2. The molecule has 0 aromatic carbocycles. The van der Waals surface area contributed by atoms with Crippen molar-refractivity contribution in [3.8, 4) is 0 Å². The van der Waals surface area contributed by atoms with Crippen molar-refractivity contribution in [2.45, 2.75) is 38.6 Å². The number of nitrogens with one attached hydrogen (secondary N) is 1. The number of hydrogen-bond donors (Lipinski definition) is 2. The Morgan fingerprint density at radius 2 is 2.29 bits per heavy atom. The number of rotatable bonds is 6. The van der Waals surface area contributed by atoms with Crippen LogP contribution in [0, 0.1) is 5.92 Å². The fraction of sp³-hybridized carbons (Fsp3) is 0.583. The Morgan fingerprint density at radius 1 is 1.53 bits per heavy atom. The Hall–Kier alpha value is -1.65. The fourth-order valence-corrected chi connectivity index (χ4v) is 1.83. The smallest absolute Gasteiger partial charge is 0.269 e. The van der Waals surface area contributed by atoms with Crippen LogP contribution in [0.3, 0.4) is 0 Å². The molecule has 5 nitrogen and oxygen atoms in total. The number of nitrogens with zero attached hydrogens (tertiary/aromatic N) is 2. The summed E-state index contributed by atoms with van der Waals surface area (Å²) in [4.78, 5) is 10.8. The quantitative estimate of drug-likeness (QED) is 0.782. The van der Waals surface area contributed by atoms with Crippen molar-refractivity contribution >= 4 is 11.7 Å². The molecule has 0 aliphatic heterocycles. The Morgan fingerprint density at radius 3 is 2.76 bits per heavy atom. The lowest BCUT2D eigenvalue weighted by molar-refractivity contribution is 0.0994. The topological polar surface area (TPSA) is 80.9 Å². The normalized spacial score (nSPS) is 16.5. The van der Waals surface area contributed by atoms with Crippen LogP contribution in [0.4, 0.5) is 5.82 Å². The summed E-state index contributed by atoms with van der Waals surface area (Å²) in [6, 6.07) is 3.79. The first-order valence-electron chi connectivity index (χ1n) is 6.09. The summed E-state index contributed by atoms with van der Waals surface area (Å²) in [6.45, 7) is 2.16. The van der Waals surface area contributed by atoms with Crippen LogP contribution >= 0.6 is 0 Å². The van der Waals surface area contributed by atoms with Gasteiger partial charge in [0.1, 0.15) is 5.82 Å². The van der Waals surface area contributed by atoms with E-state index < -0.39 is 5.91 Å². The van der Waals surface area contributed by atoms with E-state index in [9.17, 15) is 4.79 Å². The minimum absolute atomic E-state index is 0.200. The number of nitrogens with two attached hydrogens (primary N) is 1. The maximum atomic E-state index is 10.8. The second kappa shape index (κ2) is 5.12. The third kappa shape index (κ3) is 3.41. The van der Waals surface area contributed by atoms with Crippen molar-refractivity contribution in [3.63, 3.8) is 0 Å². The number of anilines is 1. The highest BCUT2D eigenvalue weighted by atomic mass is 16.1. The molecule has 0 radical (unpaired) electrons. The van der Waals surface area contributed by atoms with Crippen LogP contribution in [0.15, 0.2) is 12.1 Å². The van der Waals surface area contributed by atoms with Crippen LogP contribution in [0.5, 0.6) is 0 Å². The lowest BCUT2D eigenvalue weighted by atomic mass is 10.1. The Kier molecular flexibility index (Phi) is 3.56. The van der Waals surface area contributed by atoms with E-state index in [-0.39, 0.29) is 5.69 Å². The second-order valence-electron chi connectivity index (χ2n) is 4.60. The minimum Gasteiger partial charge on any atom is -0.366 e. The predicted molar refractivity (Wildman–Crippen MR) is 65.6 cm³/mol. The number of hydrogen-bond acceptors (Lipinski definition) is 4. The predicted octanol–water partition coefficient (Wildman–Crippen LogP) is 1.57. The van der Waals surface area contributed by atoms with Gasteiger partial charge < -0.3 is 11.1 Å². The van der Waals surface area contributed by atoms with Crippen molar-refractivity contribution in [2.24, 2.45) is 11.7 Å². The summed E-state index contributed by atoms with van der Waals surface area (Å²) >= 11 is 0. The molecule has 1 saturated carbocycles. The van der Waals surface area contributed by atoms with Gasteiger partial charge in [-0.1, -0.05) is 19.8 Å². The third-order valence-corrected chi connectivity index (χ3v) is 3.08. The monoisotopic (exact) mass is 234 g/mol. The molecule has 17 heavy (non-hydrogen) atoms. The molecule has 1 aliphatic rings. The highest BCUT2D eigenvalue weighted by Crippen LogP contribution is 2.34. The largest absolute Gasteiger partial charge is 0.366 e. The molecule has 1 amide bonds. The molecule has 1 fully saturated rings. The van der Waals surface area contributed by atoms with Crippen molar-refractivity contribution in [1.82, 2.24) is 10.2 Å². The van der Waals surface area contributed by atoms with Gasteiger partial charge in [0, 0.05) is 6.04 Å². The molecule has 5 heteroatoms. The van der Waals surface area contributed by atoms with Crippen molar-refractivity contribution < 1.29 is 4.79 Å². The number of carbonyl (C=O) groups is 1. The molecule has 0 bridgehead atoms. The molecule has 1 aromatic rings. The van der Waals surface area contributed by atoms with Gasteiger partial charge in [-0.05, 0) is 30.9 Å². The van der Waals surface area contributed by atoms with Gasteiger partial charge in [0.2, 0.25) is 0 Å². The van der Waals surface area contributed by atoms with Crippen LogP contribution in [0.25, 0.3) is 0 Å². The van der Waals surface area contributed by atoms with E-state index in [0.29, 0.717) is 11.9 Å². The Balaban J connectivity index is 1.94. The van der Waals surface area contributed by atoms with Gasteiger partial charge in [-0.3, -0.25) is 4.79 Å². The first kappa shape index (κ1) is 11.8. The van der Waals surface area contributed by atoms with Crippen molar-refractivity contribution in [1.29, 1.82) is 0 Å². The SMILES string of the molecule is CCC(CC1CC1)Nc1ccc(C(N)=O)nn1. The summed E-state index contributed by atoms with van der Waals surface area (Å²) in [5, 5.41) is 11.1. The average molecular weight is 234 g/mol. The standard InChI is InChI=1S/C12H18N4O/c1-2-9(7-8-3-4-8)14-11-6-5-10(12(13)17)15-16-11/h5-6,8-9H,2-4,7H2,1H3,(H2,13,17)(H,14,16). The molecule has 1 aromatic heterocycles. The molecular weight excluding hydrogens is 216 g/mol. The van der Waals surface area contributed by atoms with Gasteiger partial charge in [0.15, 0.2) is 5.69 Å². The molecule has 2 rings (SSSR count). The van der Waals surface area contributed by atoms with Crippen LogP contribution in [0.1, 0.15) is 43.1 Å². The molecule has 92 valence electrons. The highest BCUT2D eigenvalue weighted by molar-refractivity contribution is 5.90. The van der Waals surface area contributed by atoms with E-state index in [4.69, 9.17) is 5.73 Å². The average Bonchev–Trinajstić information content (AvgIpc) is 3.13. The lowest BCUT2D eigenvalue weighted by Crippen LogP contribution is -2.21. The maximum absolute atomic E-state index is 10.8. The van der Waals surface area contributed by atoms with Crippen LogP contribution in [0.2, 0.25) is 0 Å². The highest BCUT2D eigenvalue weighted by Gasteiger charge is 2.24. The second-order valence-corrected chi connectivity index (χ2v) is 4.60. The van der Waals surface area contributed by atoms with Crippen LogP contribution in [-0.2, 0) is 0 Å². The van der Waals surface area contributed by atoms with Crippen LogP contribution < -0.4 is 11.1 Å². The van der Waals surface area contributed by atoms with Crippen molar-refractivity contribution in [2.75, 3.05) is 5.32 Å². The first-order valence-corrected chi connectivity index (χ1v) is 6.09. The van der Waals surface area contributed by atoms with E-state index in [2.05, 4.69) is 22.4 Å². The maximum Gasteiger partial charge on any atom is 0.269 e. The number of primary amides is 1. The van der Waals surface area contributed by atoms with Gasteiger partial charge in [-0.25, -0.2) is 0 Å². The summed E-state index contributed by atoms with van der Waals surface area (Å²) in [5.74, 6) is 1.04. The van der Waals surface area contributed by atoms with E-state index in [0.717, 1.165) is 12.3 Å². The van der Waals surface area contributed by atoms with Gasteiger partial charge in [-0.15, -0.1) is 10.2 Å². The van der Waals surface area contributed by atoms with E-state index in [1.807, 2.05) is 0 Å². The number of carbonyl (C=O) groups excluding carboxylic acids is 1. The Labute approximate surface area is 101 Å². The molecule has 1 aliphatic carbocycles. The molecule has 0 saturated heterocycles. The summed E-state index contributed by atoms with van der Waals surface area (Å²) < 4.78 is 0. The van der Waals surface area contributed by atoms with Gasteiger partial charge >= 0.3 is 0 Å². The molecular formula is C12H18N4O. The fourth-order valence-electron chi connectivity index (χ4n) is 1.83. The zero-order chi connectivity index (χ0) is 12.3. The summed E-state index contributed by atoms with van der Waals surface area (Å²) in [6.07, 6.45) is 4.96. The Bertz CT molecular complexity index is 386. The molecule has 1 atom stereocenters. The zero-order valence-electron chi connectivity index (χ0n) is 10.0. The first-order chi connectivity index (χ1) is 8.19. The molecule has 3 N–H and O–H groups in total. The van der Waals surface area contributed by atoms with Crippen molar-refractivity contribution in [3.05, 3.63) is 17.8 Å². The molecule has 1 unspecified atom stereocenters. The van der Waals surface area contributed by atoms with Gasteiger partial charge in [-0.2, -0.15) is 0 Å². The summed E-state index contributed by atoms with van der Waals surface area (Å²) in [7, 11) is 0. The van der Waals surface area contributed by atoms with E-state index >= 15 is 0 Å². The number of amides is 1. The van der Waals surface area contributed by atoms with E-state index in [1.54, 1.807) is 12.1 Å². The summed E-state index contributed by atoms with van der Waals surface area (Å²) in [5.41, 5.74) is 5.30.